The van der Waals surface area contributed by atoms with Gasteiger partial charge < -0.3 is 20.5 Å². The van der Waals surface area contributed by atoms with E-state index < -0.39 is 5.54 Å². The summed E-state index contributed by atoms with van der Waals surface area (Å²) < 4.78 is 10.4. The van der Waals surface area contributed by atoms with Gasteiger partial charge in [-0.15, -0.1) is 0 Å². The number of carbonyl (C=O) groups is 1. The zero-order valence-electron chi connectivity index (χ0n) is 11.4. The molecular weight excluding hydrogens is 244 g/mol. The molecule has 1 aliphatic rings. The minimum atomic E-state index is -0.829. The molecule has 1 fully saturated rings. The monoisotopic (exact) mass is 264 g/mol. The van der Waals surface area contributed by atoms with Gasteiger partial charge in [-0.2, -0.15) is 0 Å². The molecular formula is C14H20N2O3. The summed E-state index contributed by atoms with van der Waals surface area (Å²) in [5.74, 6) is 0.619. The molecule has 0 aromatic heterocycles. The predicted octanol–water partition coefficient (Wildman–Crippen LogP) is 1.45. The van der Waals surface area contributed by atoms with Gasteiger partial charge in [-0.25, -0.2) is 0 Å². The molecule has 1 aromatic carbocycles. The van der Waals surface area contributed by atoms with Gasteiger partial charge >= 0.3 is 0 Å². The molecule has 0 atom stereocenters. The molecule has 0 spiro atoms. The molecule has 0 unspecified atom stereocenters. The number of methoxy groups -OCH3 is 1. The normalized spacial score (nSPS) is 17.8. The maximum Gasteiger partial charge on any atom is 0.244 e. The van der Waals surface area contributed by atoms with Crippen molar-refractivity contribution in [3.05, 3.63) is 23.8 Å². The SMILES string of the molecule is COc1ccc(NC(=O)C2(N)CCOCC2)c(C)c1. The Morgan fingerprint density at radius 3 is 2.68 bits per heavy atom. The van der Waals surface area contributed by atoms with Crippen LogP contribution >= 0.6 is 0 Å². The summed E-state index contributed by atoms with van der Waals surface area (Å²) in [7, 11) is 1.62. The first-order valence-electron chi connectivity index (χ1n) is 6.38. The Morgan fingerprint density at radius 2 is 2.11 bits per heavy atom. The van der Waals surface area contributed by atoms with Gasteiger partial charge in [0, 0.05) is 18.9 Å². The summed E-state index contributed by atoms with van der Waals surface area (Å²) in [6.45, 7) is 2.99. The van der Waals surface area contributed by atoms with Gasteiger partial charge in [0.25, 0.3) is 0 Å². The van der Waals surface area contributed by atoms with Crippen molar-refractivity contribution in [2.75, 3.05) is 25.6 Å². The van der Waals surface area contributed by atoms with E-state index in [-0.39, 0.29) is 5.91 Å². The average Bonchev–Trinajstić information content (AvgIpc) is 2.41. The van der Waals surface area contributed by atoms with E-state index in [1.165, 1.54) is 0 Å². The standard InChI is InChI=1S/C14H20N2O3/c1-10-9-11(18-2)3-4-12(10)16-13(17)14(15)5-7-19-8-6-14/h3-4,9H,5-8,15H2,1-2H3,(H,16,17). The van der Waals surface area contributed by atoms with Crippen LogP contribution in [-0.2, 0) is 9.53 Å². The van der Waals surface area contributed by atoms with Crippen molar-refractivity contribution in [3.8, 4) is 5.75 Å². The second-order valence-corrected chi connectivity index (χ2v) is 4.90. The third-order valence-electron chi connectivity index (χ3n) is 3.52. The number of nitrogens with two attached hydrogens (primary N) is 1. The lowest BCUT2D eigenvalue weighted by Crippen LogP contribution is -2.54. The number of ether oxygens (including phenoxy) is 2. The van der Waals surface area contributed by atoms with Crippen LogP contribution in [-0.4, -0.2) is 31.8 Å². The predicted molar refractivity (Wildman–Crippen MR) is 73.3 cm³/mol. The van der Waals surface area contributed by atoms with Crippen LogP contribution in [0.15, 0.2) is 18.2 Å². The second kappa shape index (κ2) is 5.59. The zero-order chi connectivity index (χ0) is 13.9. The summed E-state index contributed by atoms with van der Waals surface area (Å²) in [6, 6.07) is 5.52. The molecule has 1 saturated heterocycles. The van der Waals surface area contributed by atoms with E-state index in [0.717, 1.165) is 17.0 Å². The lowest BCUT2D eigenvalue weighted by Gasteiger charge is -2.32. The van der Waals surface area contributed by atoms with Gasteiger partial charge in [-0.05, 0) is 43.5 Å². The van der Waals surface area contributed by atoms with Crippen LogP contribution in [0.2, 0.25) is 0 Å². The van der Waals surface area contributed by atoms with Crippen LogP contribution in [0.1, 0.15) is 18.4 Å². The molecule has 0 radical (unpaired) electrons. The number of hydrogen-bond acceptors (Lipinski definition) is 4. The Hall–Kier alpha value is -1.59. The fourth-order valence-electron chi connectivity index (χ4n) is 2.11. The first-order chi connectivity index (χ1) is 9.05. The molecule has 5 nitrogen and oxygen atoms in total. The molecule has 0 aliphatic carbocycles. The Kier molecular flexibility index (Phi) is 4.07. The minimum absolute atomic E-state index is 0.149. The lowest BCUT2D eigenvalue weighted by atomic mass is 9.90. The Morgan fingerprint density at radius 1 is 1.42 bits per heavy atom. The number of benzene rings is 1. The number of rotatable bonds is 3. The van der Waals surface area contributed by atoms with E-state index in [9.17, 15) is 4.79 Å². The second-order valence-electron chi connectivity index (χ2n) is 4.90. The van der Waals surface area contributed by atoms with Gasteiger partial charge in [0.1, 0.15) is 11.3 Å². The van der Waals surface area contributed by atoms with Gasteiger partial charge in [0.15, 0.2) is 0 Å². The van der Waals surface area contributed by atoms with Crippen molar-refractivity contribution in [1.29, 1.82) is 0 Å². The van der Waals surface area contributed by atoms with E-state index in [2.05, 4.69) is 5.32 Å². The van der Waals surface area contributed by atoms with Crippen LogP contribution in [0.3, 0.4) is 0 Å². The number of aryl methyl sites for hydroxylation is 1. The lowest BCUT2D eigenvalue weighted by molar-refractivity contribution is -0.124. The summed E-state index contributed by atoms with van der Waals surface area (Å²) >= 11 is 0. The topological polar surface area (TPSA) is 73.6 Å². The molecule has 104 valence electrons. The summed E-state index contributed by atoms with van der Waals surface area (Å²) in [4.78, 5) is 12.3. The van der Waals surface area contributed by atoms with E-state index in [4.69, 9.17) is 15.2 Å². The molecule has 1 heterocycles. The Balaban J connectivity index is 2.10. The fraction of sp³-hybridized carbons (Fsp3) is 0.500. The van der Waals surface area contributed by atoms with E-state index in [0.29, 0.717) is 26.1 Å². The number of carbonyl (C=O) groups excluding carboxylic acids is 1. The van der Waals surface area contributed by atoms with Crippen molar-refractivity contribution in [3.63, 3.8) is 0 Å². The Bertz CT molecular complexity index is 468. The minimum Gasteiger partial charge on any atom is -0.497 e. The molecule has 0 saturated carbocycles. The highest BCUT2D eigenvalue weighted by molar-refractivity contribution is 5.98. The summed E-state index contributed by atoms with van der Waals surface area (Å²) in [5, 5.41) is 2.90. The first kappa shape index (κ1) is 13.8. The number of anilines is 1. The van der Waals surface area contributed by atoms with Gasteiger partial charge in [-0.3, -0.25) is 4.79 Å². The number of nitrogens with one attached hydrogen (secondary N) is 1. The highest BCUT2D eigenvalue weighted by Gasteiger charge is 2.36. The quantitative estimate of drug-likeness (QED) is 0.866. The molecule has 1 aliphatic heterocycles. The van der Waals surface area contributed by atoms with E-state index in [1.807, 2.05) is 25.1 Å². The summed E-state index contributed by atoms with van der Waals surface area (Å²) in [6.07, 6.45) is 1.10. The van der Waals surface area contributed by atoms with Crippen molar-refractivity contribution >= 4 is 11.6 Å². The van der Waals surface area contributed by atoms with E-state index >= 15 is 0 Å². The zero-order valence-corrected chi connectivity index (χ0v) is 11.4. The molecule has 0 bridgehead atoms. The van der Waals surface area contributed by atoms with Gasteiger partial charge in [0.2, 0.25) is 5.91 Å². The Labute approximate surface area is 113 Å². The fourth-order valence-corrected chi connectivity index (χ4v) is 2.11. The van der Waals surface area contributed by atoms with Crippen molar-refractivity contribution in [2.24, 2.45) is 5.73 Å². The van der Waals surface area contributed by atoms with E-state index in [1.54, 1.807) is 7.11 Å². The molecule has 19 heavy (non-hydrogen) atoms. The molecule has 1 aromatic rings. The molecule has 3 N–H and O–H groups in total. The van der Waals surface area contributed by atoms with Crippen LogP contribution in [0.5, 0.6) is 5.75 Å². The smallest absolute Gasteiger partial charge is 0.244 e. The first-order valence-corrected chi connectivity index (χ1v) is 6.38. The van der Waals surface area contributed by atoms with Gasteiger partial charge in [-0.1, -0.05) is 0 Å². The number of amides is 1. The van der Waals surface area contributed by atoms with Crippen molar-refractivity contribution in [2.45, 2.75) is 25.3 Å². The highest BCUT2D eigenvalue weighted by atomic mass is 16.5. The third-order valence-corrected chi connectivity index (χ3v) is 3.52. The van der Waals surface area contributed by atoms with Crippen LogP contribution in [0.4, 0.5) is 5.69 Å². The van der Waals surface area contributed by atoms with Crippen molar-refractivity contribution in [1.82, 2.24) is 0 Å². The van der Waals surface area contributed by atoms with Crippen LogP contribution in [0.25, 0.3) is 0 Å². The highest BCUT2D eigenvalue weighted by Crippen LogP contribution is 2.24. The number of hydrogen-bond donors (Lipinski definition) is 2. The molecule has 5 heteroatoms. The van der Waals surface area contributed by atoms with Crippen LogP contribution < -0.4 is 15.8 Å². The largest absolute Gasteiger partial charge is 0.497 e. The molecule has 1 amide bonds. The van der Waals surface area contributed by atoms with Crippen LogP contribution in [0, 0.1) is 6.92 Å². The maximum atomic E-state index is 12.3. The molecule has 2 rings (SSSR count). The van der Waals surface area contributed by atoms with Crippen molar-refractivity contribution < 1.29 is 14.3 Å². The van der Waals surface area contributed by atoms with Gasteiger partial charge in [0.05, 0.1) is 7.11 Å². The average molecular weight is 264 g/mol. The maximum absolute atomic E-state index is 12.3. The third kappa shape index (κ3) is 3.05. The summed E-state index contributed by atoms with van der Waals surface area (Å²) in [5.41, 5.74) is 7.02.